The molecule has 22 heavy (non-hydrogen) atoms. The second-order valence-corrected chi connectivity index (χ2v) is 4.66. The number of alkyl halides is 2. The fraction of sp³-hybridized carbons (Fsp3) is 0.167. The molecule has 0 saturated carbocycles. The van der Waals surface area contributed by atoms with Crippen molar-refractivity contribution >= 4 is 12.0 Å². The lowest BCUT2D eigenvalue weighted by atomic mass is 10.0. The van der Waals surface area contributed by atoms with Gasteiger partial charge in [0.1, 0.15) is 0 Å². The van der Waals surface area contributed by atoms with Gasteiger partial charge in [-0.25, -0.2) is 4.79 Å². The normalized spacial score (nSPS) is 11.6. The van der Waals surface area contributed by atoms with E-state index in [2.05, 4.69) is 4.74 Å². The van der Waals surface area contributed by atoms with Crippen molar-refractivity contribution in [3.63, 3.8) is 0 Å². The first-order chi connectivity index (χ1) is 10.5. The number of rotatable bonds is 5. The van der Waals surface area contributed by atoms with E-state index in [0.717, 1.165) is 11.1 Å². The number of halogens is 2. The van der Waals surface area contributed by atoms with Gasteiger partial charge < -0.3 is 4.74 Å². The Bertz CT molecular complexity index is 647. The molecule has 4 heteroatoms. The summed E-state index contributed by atoms with van der Waals surface area (Å²) in [7, 11) is 0. The average Bonchev–Trinajstić information content (AvgIpc) is 2.54. The molecule has 0 atom stereocenters. The van der Waals surface area contributed by atoms with E-state index in [1.807, 2.05) is 42.5 Å². The molecule has 0 N–H and O–H groups in total. The number of esters is 1. The summed E-state index contributed by atoms with van der Waals surface area (Å²) in [4.78, 5) is 11.1. The van der Waals surface area contributed by atoms with Crippen molar-refractivity contribution in [2.45, 2.75) is 12.8 Å². The highest BCUT2D eigenvalue weighted by molar-refractivity contribution is 5.81. The fourth-order valence-corrected chi connectivity index (χ4v) is 1.91. The van der Waals surface area contributed by atoms with Crippen molar-refractivity contribution in [3.05, 3.63) is 66.2 Å². The fourth-order valence-electron chi connectivity index (χ4n) is 1.91. The smallest absolute Gasteiger partial charge is 0.381 e. The van der Waals surface area contributed by atoms with Crippen LogP contribution in [0.5, 0.6) is 0 Å². The molecule has 0 bridgehead atoms. The third-order valence-electron chi connectivity index (χ3n) is 3.05. The maximum atomic E-state index is 13.5. The van der Waals surface area contributed by atoms with Gasteiger partial charge in [0.25, 0.3) is 0 Å². The van der Waals surface area contributed by atoms with Crippen molar-refractivity contribution in [2.24, 2.45) is 0 Å². The zero-order chi connectivity index (χ0) is 16.0. The molecule has 0 radical (unpaired) electrons. The molecular weight excluding hydrogens is 286 g/mol. The van der Waals surface area contributed by atoms with Gasteiger partial charge >= 0.3 is 11.9 Å². The Balaban J connectivity index is 2.11. The summed E-state index contributed by atoms with van der Waals surface area (Å²) in [6.45, 7) is 1.41. The Kier molecular flexibility index (Phi) is 5.04. The zero-order valence-electron chi connectivity index (χ0n) is 12.1. The van der Waals surface area contributed by atoms with Gasteiger partial charge in [-0.2, -0.15) is 8.78 Å². The third-order valence-corrected chi connectivity index (χ3v) is 3.05. The van der Waals surface area contributed by atoms with Gasteiger partial charge in [0.05, 0.1) is 6.61 Å². The van der Waals surface area contributed by atoms with Gasteiger partial charge in [-0.15, -0.1) is 0 Å². The highest BCUT2D eigenvalue weighted by atomic mass is 19.3. The van der Waals surface area contributed by atoms with Gasteiger partial charge in [-0.1, -0.05) is 60.7 Å². The van der Waals surface area contributed by atoms with Crippen LogP contribution in [-0.4, -0.2) is 18.5 Å². The van der Waals surface area contributed by atoms with Crippen LogP contribution in [0.3, 0.4) is 0 Å². The molecule has 0 spiro atoms. The van der Waals surface area contributed by atoms with Crippen LogP contribution < -0.4 is 0 Å². The molecule has 0 heterocycles. The topological polar surface area (TPSA) is 26.3 Å². The summed E-state index contributed by atoms with van der Waals surface area (Å²) in [5.41, 5.74) is 2.63. The minimum atomic E-state index is -3.62. The van der Waals surface area contributed by atoms with E-state index in [4.69, 9.17) is 0 Å². The van der Waals surface area contributed by atoms with Gasteiger partial charge in [0.15, 0.2) is 0 Å². The predicted octanol–water partition coefficient (Wildman–Crippen LogP) is 4.57. The summed E-state index contributed by atoms with van der Waals surface area (Å²) in [5.74, 6) is -5.15. The number of carbonyl (C=O) groups is 1. The number of hydrogen-bond acceptors (Lipinski definition) is 2. The van der Waals surface area contributed by atoms with Crippen molar-refractivity contribution in [1.82, 2.24) is 0 Å². The Morgan fingerprint density at radius 1 is 1.05 bits per heavy atom. The van der Waals surface area contributed by atoms with E-state index < -0.39 is 11.9 Å². The molecule has 2 nitrogen and oxygen atoms in total. The highest BCUT2D eigenvalue weighted by Gasteiger charge is 2.37. The first kappa shape index (κ1) is 15.9. The van der Waals surface area contributed by atoms with Crippen LogP contribution in [0.15, 0.2) is 60.7 Å². The van der Waals surface area contributed by atoms with Crippen LogP contribution >= 0.6 is 0 Å². The van der Waals surface area contributed by atoms with Crippen LogP contribution in [0.2, 0.25) is 0 Å². The van der Waals surface area contributed by atoms with E-state index in [-0.39, 0.29) is 6.61 Å². The molecule has 2 aromatic rings. The summed E-state index contributed by atoms with van der Waals surface area (Å²) in [5, 5.41) is 0. The van der Waals surface area contributed by atoms with Crippen molar-refractivity contribution in [1.29, 1.82) is 0 Å². The van der Waals surface area contributed by atoms with Crippen molar-refractivity contribution in [3.8, 4) is 11.1 Å². The molecule has 2 aromatic carbocycles. The van der Waals surface area contributed by atoms with E-state index >= 15 is 0 Å². The van der Waals surface area contributed by atoms with Crippen LogP contribution in [-0.2, 0) is 9.53 Å². The second-order valence-electron chi connectivity index (χ2n) is 4.66. The van der Waals surface area contributed by atoms with Crippen LogP contribution in [0.25, 0.3) is 17.2 Å². The van der Waals surface area contributed by atoms with Crippen LogP contribution in [0.1, 0.15) is 12.5 Å². The highest BCUT2D eigenvalue weighted by Crippen LogP contribution is 2.22. The van der Waals surface area contributed by atoms with Crippen LogP contribution in [0.4, 0.5) is 8.78 Å². The minimum absolute atomic E-state index is 0.0754. The minimum Gasteiger partial charge on any atom is -0.461 e. The molecule has 0 aromatic heterocycles. The monoisotopic (exact) mass is 302 g/mol. The summed E-state index contributed by atoms with van der Waals surface area (Å²) in [6, 6.07) is 16.9. The Labute approximate surface area is 128 Å². The van der Waals surface area contributed by atoms with Gasteiger partial charge in [0, 0.05) is 0 Å². The SMILES string of the molecule is CCOC(=O)C(F)(F)C=Cc1ccc(-c2ccccc2)cc1. The lowest BCUT2D eigenvalue weighted by molar-refractivity contribution is -0.164. The van der Waals surface area contributed by atoms with E-state index in [1.165, 1.54) is 13.0 Å². The summed E-state index contributed by atoms with van der Waals surface area (Å²) in [6.07, 6.45) is 1.77. The molecule has 0 saturated heterocycles. The third kappa shape index (κ3) is 4.01. The van der Waals surface area contributed by atoms with E-state index in [1.54, 1.807) is 12.1 Å². The molecular formula is C18H16F2O2. The lowest BCUT2D eigenvalue weighted by Gasteiger charge is -2.09. The number of carbonyl (C=O) groups excluding carboxylic acids is 1. The maximum absolute atomic E-state index is 13.5. The number of benzene rings is 2. The molecule has 0 fully saturated rings. The van der Waals surface area contributed by atoms with Crippen molar-refractivity contribution in [2.75, 3.05) is 6.61 Å². The maximum Gasteiger partial charge on any atom is 0.381 e. The van der Waals surface area contributed by atoms with E-state index in [9.17, 15) is 13.6 Å². The zero-order valence-corrected chi connectivity index (χ0v) is 12.1. The Morgan fingerprint density at radius 3 is 2.23 bits per heavy atom. The van der Waals surface area contributed by atoms with Gasteiger partial charge in [-0.05, 0) is 29.7 Å². The van der Waals surface area contributed by atoms with Crippen LogP contribution in [0, 0.1) is 0 Å². The number of ether oxygens (including phenoxy) is 1. The Hall–Kier alpha value is -2.49. The average molecular weight is 302 g/mol. The summed E-state index contributed by atoms with van der Waals surface area (Å²) >= 11 is 0. The molecule has 0 aliphatic carbocycles. The molecule has 114 valence electrons. The summed E-state index contributed by atoms with van der Waals surface area (Å²) < 4.78 is 31.3. The molecule has 0 aliphatic heterocycles. The number of hydrogen-bond donors (Lipinski definition) is 0. The Morgan fingerprint density at radius 2 is 1.64 bits per heavy atom. The van der Waals surface area contributed by atoms with E-state index in [0.29, 0.717) is 11.6 Å². The first-order valence-corrected chi connectivity index (χ1v) is 6.92. The second kappa shape index (κ2) is 6.98. The standard InChI is InChI=1S/C18H16F2O2/c1-2-22-17(21)18(19,20)13-12-14-8-10-16(11-9-14)15-6-4-3-5-7-15/h3-13H,2H2,1H3. The molecule has 0 aliphatic rings. The largest absolute Gasteiger partial charge is 0.461 e. The quantitative estimate of drug-likeness (QED) is 0.757. The molecule has 0 amide bonds. The molecule has 0 unspecified atom stereocenters. The predicted molar refractivity (Wildman–Crippen MR) is 82.5 cm³/mol. The van der Waals surface area contributed by atoms with Gasteiger partial charge in [-0.3, -0.25) is 0 Å². The first-order valence-electron chi connectivity index (χ1n) is 6.92. The van der Waals surface area contributed by atoms with Gasteiger partial charge in [0.2, 0.25) is 0 Å². The van der Waals surface area contributed by atoms with Crippen molar-refractivity contribution < 1.29 is 18.3 Å². The lowest BCUT2D eigenvalue weighted by Crippen LogP contribution is -2.28. The molecule has 2 rings (SSSR count).